The normalized spacial score (nSPS) is 10.6. The average molecular weight is 394 g/mol. The highest BCUT2D eigenvalue weighted by molar-refractivity contribution is 7.08. The minimum absolute atomic E-state index is 0.380. The molecule has 2 N–H and O–H groups in total. The number of thiophene rings is 1. The summed E-state index contributed by atoms with van der Waals surface area (Å²) < 4.78 is 12.4. The van der Waals surface area contributed by atoms with Crippen molar-refractivity contribution in [2.24, 2.45) is 0 Å². The molecule has 0 aliphatic heterocycles. The van der Waals surface area contributed by atoms with Crippen LogP contribution in [0.15, 0.2) is 59.4 Å². The SMILES string of the molecule is COc1ccc(NC(=O)Nc2c(-c3ccsc3)nc3ccccn23)cc1OC. The first-order valence-electron chi connectivity index (χ1n) is 8.49. The first-order chi connectivity index (χ1) is 13.7. The van der Waals surface area contributed by atoms with E-state index in [0.717, 1.165) is 16.9 Å². The zero-order chi connectivity index (χ0) is 19.5. The van der Waals surface area contributed by atoms with Gasteiger partial charge in [-0.3, -0.25) is 9.72 Å². The Morgan fingerprint density at radius 3 is 2.68 bits per heavy atom. The molecular weight excluding hydrogens is 376 g/mol. The number of ether oxygens (including phenoxy) is 2. The van der Waals surface area contributed by atoms with Gasteiger partial charge < -0.3 is 14.8 Å². The summed E-state index contributed by atoms with van der Waals surface area (Å²) in [6, 6.07) is 12.5. The van der Waals surface area contributed by atoms with Gasteiger partial charge >= 0.3 is 6.03 Å². The molecule has 0 aliphatic carbocycles. The highest BCUT2D eigenvalue weighted by atomic mass is 32.1. The first kappa shape index (κ1) is 17.9. The van der Waals surface area contributed by atoms with Crippen LogP contribution >= 0.6 is 11.3 Å². The lowest BCUT2D eigenvalue weighted by Crippen LogP contribution is -2.20. The second-order valence-electron chi connectivity index (χ2n) is 5.90. The summed E-state index contributed by atoms with van der Waals surface area (Å²) in [5.41, 5.74) is 3.01. The van der Waals surface area contributed by atoms with E-state index >= 15 is 0 Å². The van der Waals surface area contributed by atoms with Crippen molar-refractivity contribution >= 4 is 34.5 Å². The summed E-state index contributed by atoms with van der Waals surface area (Å²) in [4.78, 5) is 17.3. The van der Waals surface area contributed by atoms with Crippen LogP contribution in [-0.2, 0) is 0 Å². The van der Waals surface area contributed by atoms with E-state index in [-0.39, 0.29) is 6.03 Å². The number of pyridine rings is 1. The standard InChI is InChI=1S/C20H18N4O3S/c1-26-15-7-6-14(11-16(15)27-2)21-20(25)23-19-18(13-8-10-28-12-13)22-17-5-3-4-9-24(17)19/h3-12H,1-2H3,(H2,21,23,25). The Kier molecular flexibility index (Phi) is 4.86. The molecule has 0 saturated carbocycles. The second-order valence-corrected chi connectivity index (χ2v) is 6.68. The summed E-state index contributed by atoms with van der Waals surface area (Å²) in [5, 5.41) is 9.72. The largest absolute Gasteiger partial charge is 0.493 e. The minimum atomic E-state index is -0.380. The summed E-state index contributed by atoms with van der Waals surface area (Å²) in [5.74, 6) is 1.73. The van der Waals surface area contributed by atoms with E-state index in [0.29, 0.717) is 23.0 Å². The molecule has 0 saturated heterocycles. The van der Waals surface area contributed by atoms with Gasteiger partial charge in [0.25, 0.3) is 0 Å². The van der Waals surface area contributed by atoms with E-state index in [1.807, 2.05) is 45.6 Å². The number of carbonyl (C=O) groups excluding carboxylic acids is 1. The highest BCUT2D eigenvalue weighted by Gasteiger charge is 2.17. The molecule has 4 aromatic rings. The van der Waals surface area contributed by atoms with E-state index in [4.69, 9.17) is 9.47 Å². The third kappa shape index (κ3) is 3.37. The molecule has 7 nitrogen and oxygen atoms in total. The Labute approximate surface area is 165 Å². The summed E-state index contributed by atoms with van der Waals surface area (Å²) >= 11 is 1.58. The molecule has 0 unspecified atom stereocenters. The molecule has 0 radical (unpaired) electrons. The summed E-state index contributed by atoms with van der Waals surface area (Å²) in [7, 11) is 3.11. The van der Waals surface area contributed by atoms with Crippen LogP contribution in [0.5, 0.6) is 11.5 Å². The second kappa shape index (κ2) is 7.61. The third-order valence-corrected chi connectivity index (χ3v) is 4.88. The van der Waals surface area contributed by atoms with Crippen LogP contribution in [-0.4, -0.2) is 29.6 Å². The molecule has 3 heterocycles. The number of nitrogens with one attached hydrogen (secondary N) is 2. The van der Waals surface area contributed by atoms with Crippen LogP contribution < -0.4 is 20.1 Å². The molecule has 0 spiro atoms. The van der Waals surface area contributed by atoms with E-state index in [1.54, 1.807) is 43.8 Å². The predicted octanol–water partition coefficient (Wildman–Crippen LogP) is 4.72. The third-order valence-electron chi connectivity index (χ3n) is 4.20. The lowest BCUT2D eigenvalue weighted by Gasteiger charge is -2.12. The molecule has 8 heteroatoms. The van der Waals surface area contributed by atoms with E-state index in [1.165, 1.54) is 0 Å². The maximum Gasteiger partial charge on any atom is 0.324 e. The zero-order valence-electron chi connectivity index (χ0n) is 15.3. The number of methoxy groups -OCH3 is 2. The molecule has 142 valence electrons. The van der Waals surface area contributed by atoms with Crippen molar-refractivity contribution in [3.05, 3.63) is 59.4 Å². The summed E-state index contributed by atoms with van der Waals surface area (Å²) in [6.07, 6.45) is 1.87. The van der Waals surface area contributed by atoms with Gasteiger partial charge in [0.05, 0.1) is 14.2 Å². The first-order valence-corrected chi connectivity index (χ1v) is 9.43. The number of urea groups is 1. The number of imidazole rings is 1. The Bertz CT molecular complexity index is 1120. The van der Waals surface area contributed by atoms with Gasteiger partial charge in [0.2, 0.25) is 0 Å². The van der Waals surface area contributed by atoms with Crippen molar-refractivity contribution < 1.29 is 14.3 Å². The molecule has 3 aromatic heterocycles. The van der Waals surface area contributed by atoms with Gasteiger partial charge in [0.1, 0.15) is 17.2 Å². The number of hydrogen-bond donors (Lipinski definition) is 2. The van der Waals surface area contributed by atoms with Crippen molar-refractivity contribution in [1.29, 1.82) is 0 Å². The van der Waals surface area contributed by atoms with E-state index < -0.39 is 0 Å². The molecule has 4 rings (SSSR count). The van der Waals surface area contributed by atoms with Crippen LogP contribution in [0.4, 0.5) is 16.3 Å². The van der Waals surface area contributed by atoms with Gasteiger partial charge in [-0.1, -0.05) is 6.07 Å². The molecule has 1 aromatic carbocycles. The molecule has 0 atom stereocenters. The number of fused-ring (bicyclic) bond motifs is 1. The molecular formula is C20H18N4O3S. The lowest BCUT2D eigenvalue weighted by atomic mass is 10.2. The van der Waals surface area contributed by atoms with Gasteiger partial charge in [-0.2, -0.15) is 11.3 Å². The Morgan fingerprint density at radius 1 is 1.07 bits per heavy atom. The number of aromatic nitrogens is 2. The Morgan fingerprint density at radius 2 is 1.93 bits per heavy atom. The fourth-order valence-electron chi connectivity index (χ4n) is 2.90. The fraction of sp³-hybridized carbons (Fsp3) is 0.100. The predicted molar refractivity (Wildman–Crippen MR) is 111 cm³/mol. The number of benzene rings is 1. The quantitative estimate of drug-likeness (QED) is 0.513. The van der Waals surface area contributed by atoms with Gasteiger partial charge in [-0.05, 0) is 35.7 Å². The highest BCUT2D eigenvalue weighted by Crippen LogP contribution is 2.31. The minimum Gasteiger partial charge on any atom is -0.493 e. The van der Waals surface area contributed by atoms with E-state index in [2.05, 4.69) is 15.6 Å². The number of nitrogens with zero attached hydrogens (tertiary/aromatic N) is 2. The van der Waals surface area contributed by atoms with Crippen molar-refractivity contribution in [2.45, 2.75) is 0 Å². The van der Waals surface area contributed by atoms with Crippen LogP contribution in [0, 0.1) is 0 Å². The van der Waals surface area contributed by atoms with Gasteiger partial charge in [0.15, 0.2) is 11.5 Å². The average Bonchev–Trinajstić information content (AvgIpc) is 3.36. The number of hydrogen-bond acceptors (Lipinski definition) is 5. The number of amides is 2. The van der Waals surface area contributed by atoms with Crippen molar-refractivity contribution in [2.75, 3.05) is 24.9 Å². The molecule has 0 aliphatic rings. The number of carbonyl (C=O) groups is 1. The van der Waals surface area contributed by atoms with Crippen molar-refractivity contribution in [1.82, 2.24) is 9.38 Å². The smallest absolute Gasteiger partial charge is 0.324 e. The monoisotopic (exact) mass is 394 g/mol. The van der Waals surface area contributed by atoms with E-state index in [9.17, 15) is 4.79 Å². The lowest BCUT2D eigenvalue weighted by molar-refractivity contribution is 0.262. The van der Waals surface area contributed by atoms with Crippen molar-refractivity contribution in [3.8, 4) is 22.8 Å². The molecule has 2 amide bonds. The Hall–Kier alpha value is -3.52. The number of anilines is 2. The number of rotatable bonds is 5. The molecule has 0 fully saturated rings. The zero-order valence-corrected chi connectivity index (χ0v) is 16.1. The van der Waals surface area contributed by atoms with Crippen LogP contribution in [0.25, 0.3) is 16.9 Å². The van der Waals surface area contributed by atoms with Gasteiger partial charge in [0, 0.05) is 28.9 Å². The fourth-order valence-corrected chi connectivity index (χ4v) is 3.54. The molecule has 28 heavy (non-hydrogen) atoms. The maximum absolute atomic E-state index is 12.7. The van der Waals surface area contributed by atoms with Gasteiger partial charge in [-0.15, -0.1) is 0 Å². The van der Waals surface area contributed by atoms with Crippen LogP contribution in [0.2, 0.25) is 0 Å². The van der Waals surface area contributed by atoms with Crippen LogP contribution in [0.1, 0.15) is 0 Å². The van der Waals surface area contributed by atoms with Gasteiger partial charge in [-0.25, -0.2) is 9.78 Å². The summed E-state index contributed by atoms with van der Waals surface area (Å²) in [6.45, 7) is 0. The van der Waals surface area contributed by atoms with Crippen LogP contribution in [0.3, 0.4) is 0 Å². The Balaban J connectivity index is 1.63. The van der Waals surface area contributed by atoms with Crippen molar-refractivity contribution in [3.63, 3.8) is 0 Å². The maximum atomic E-state index is 12.7. The molecule has 0 bridgehead atoms. The topological polar surface area (TPSA) is 76.9 Å².